The van der Waals surface area contributed by atoms with E-state index in [1.807, 2.05) is 31.2 Å². The first-order valence-corrected chi connectivity index (χ1v) is 8.46. The second-order valence-corrected chi connectivity index (χ2v) is 5.68. The second-order valence-electron chi connectivity index (χ2n) is 5.68. The van der Waals surface area contributed by atoms with Crippen molar-refractivity contribution in [2.75, 3.05) is 20.8 Å². The van der Waals surface area contributed by atoms with Crippen LogP contribution >= 0.6 is 24.0 Å². The van der Waals surface area contributed by atoms with Gasteiger partial charge in [-0.05, 0) is 43.2 Å². The second kappa shape index (κ2) is 11.6. The molecule has 0 heterocycles. The third-order valence-corrected chi connectivity index (χ3v) is 3.78. The molecule has 0 bridgehead atoms. The van der Waals surface area contributed by atoms with Crippen molar-refractivity contribution in [1.82, 2.24) is 10.6 Å². The highest BCUT2D eigenvalue weighted by atomic mass is 127. The molecule has 0 aromatic heterocycles. The molecule has 0 aliphatic heterocycles. The number of aliphatic imine (C=N–C) groups is 1. The predicted octanol–water partition coefficient (Wildman–Crippen LogP) is 3.89. The van der Waals surface area contributed by atoms with Gasteiger partial charge in [0.1, 0.15) is 11.5 Å². The van der Waals surface area contributed by atoms with Gasteiger partial charge < -0.3 is 20.1 Å². The summed E-state index contributed by atoms with van der Waals surface area (Å²) in [6.45, 7) is 6.01. The molecule has 142 valence electrons. The minimum atomic E-state index is 0. The first kappa shape index (κ1) is 22.1. The van der Waals surface area contributed by atoms with Crippen molar-refractivity contribution in [3.8, 4) is 11.5 Å². The van der Waals surface area contributed by atoms with Gasteiger partial charge in [0.2, 0.25) is 0 Å². The van der Waals surface area contributed by atoms with Gasteiger partial charge in [-0.15, -0.1) is 24.0 Å². The molecule has 2 N–H and O–H groups in total. The summed E-state index contributed by atoms with van der Waals surface area (Å²) in [5.41, 5.74) is 3.41. The maximum Gasteiger partial charge on any atom is 0.191 e. The molecular formula is C20H28IN3O2. The van der Waals surface area contributed by atoms with E-state index >= 15 is 0 Å². The molecule has 0 amide bonds. The minimum Gasteiger partial charge on any atom is -0.496 e. The van der Waals surface area contributed by atoms with Gasteiger partial charge >= 0.3 is 0 Å². The van der Waals surface area contributed by atoms with Gasteiger partial charge in [-0.1, -0.05) is 24.3 Å². The maximum absolute atomic E-state index is 5.53. The smallest absolute Gasteiger partial charge is 0.191 e. The van der Waals surface area contributed by atoms with E-state index in [4.69, 9.17) is 9.47 Å². The molecule has 5 nitrogen and oxygen atoms in total. The van der Waals surface area contributed by atoms with E-state index in [2.05, 4.69) is 40.7 Å². The number of aryl methyl sites for hydroxylation is 1. The third kappa shape index (κ3) is 6.74. The van der Waals surface area contributed by atoms with E-state index in [1.165, 1.54) is 5.56 Å². The van der Waals surface area contributed by atoms with Gasteiger partial charge in [0.25, 0.3) is 0 Å². The standard InChI is InChI=1S/C20H27N3O2.HI/c1-5-25-18-8-6-7-16(12-18)13-22-20(21-3)23-14-17-10-9-15(2)11-19(17)24-4;/h6-12H,5,13-14H2,1-4H3,(H2,21,22,23);1H. The zero-order valence-corrected chi connectivity index (χ0v) is 18.2. The van der Waals surface area contributed by atoms with Gasteiger partial charge in [-0.25, -0.2) is 0 Å². The van der Waals surface area contributed by atoms with Crippen LogP contribution in [0.15, 0.2) is 47.5 Å². The Labute approximate surface area is 173 Å². The normalized spacial score (nSPS) is 10.7. The van der Waals surface area contributed by atoms with Gasteiger partial charge in [-0.3, -0.25) is 4.99 Å². The molecule has 0 radical (unpaired) electrons. The van der Waals surface area contributed by atoms with Crippen molar-refractivity contribution in [2.45, 2.75) is 26.9 Å². The number of guanidine groups is 1. The molecule has 2 aromatic rings. The Bertz CT molecular complexity index is 720. The number of benzene rings is 2. The highest BCUT2D eigenvalue weighted by Gasteiger charge is 2.05. The number of hydrogen-bond donors (Lipinski definition) is 2. The maximum atomic E-state index is 5.53. The van der Waals surface area contributed by atoms with Crippen LogP contribution in [-0.2, 0) is 13.1 Å². The average Bonchev–Trinajstić information content (AvgIpc) is 2.63. The molecule has 0 aliphatic rings. The summed E-state index contributed by atoms with van der Waals surface area (Å²) in [4.78, 5) is 4.27. The van der Waals surface area contributed by atoms with E-state index in [0.717, 1.165) is 28.6 Å². The zero-order chi connectivity index (χ0) is 18.1. The van der Waals surface area contributed by atoms with Gasteiger partial charge in [0.05, 0.1) is 13.7 Å². The highest BCUT2D eigenvalue weighted by molar-refractivity contribution is 14.0. The van der Waals surface area contributed by atoms with Gasteiger partial charge in [0, 0.05) is 25.7 Å². The SMILES string of the molecule is CCOc1cccc(CNC(=NC)NCc2ccc(C)cc2OC)c1.I. The molecule has 6 heteroatoms. The molecule has 0 saturated carbocycles. The van der Waals surface area contributed by atoms with E-state index in [0.29, 0.717) is 19.7 Å². The molecule has 26 heavy (non-hydrogen) atoms. The average molecular weight is 469 g/mol. The Morgan fingerprint density at radius 3 is 2.54 bits per heavy atom. The summed E-state index contributed by atoms with van der Waals surface area (Å²) in [7, 11) is 3.45. The summed E-state index contributed by atoms with van der Waals surface area (Å²) in [5.74, 6) is 2.51. The van der Waals surface area contributed by atoms with Crippen LogP contribution in [0.4, 0.5) is 0 Å². The fourth-order valence-electron chi connectivity index (χ4n) is 2.50. The van der Waals surface area contributed by atoms with Crippen LogP contribution in [-0.4, -0.2) is 26.7 Å². The molecule has 0 aliphatic carbocycles. The zero-order valence-electron chi connectivity index (χ0n) is 15.8. The summed E-state index contributed by atoms with van der Waals surface area (Å²) in [6.07, 6.45) is 0. The van der Waals surface area contributed by atoms with Crippen LogP contribution in [0.3, 0.4) is 0 Å². The first-order chi connectivity index (χ1) is 12.2. The molecule has 0 spiro atoms. The molecule has 0 unspecified atom stereocenters. The Hall–Kier alpha value is -1.96. The number of nitrogens with one attached hydrogen (secondary N) is 2. The summed E-state index contributed by atoms with van der Waals surface area (Å²) in [5, 5.41) is 6.63. The van der Waals surface area contributed by atoms with Crippen LogP contribution in [0, 0.1) is 6.92 Å². The quantitative estimate of drug-likeness (QED) is 0.367. The van der Waals surface area contributed by atoms with Crippen molar-refractivity contribution < 1.29 is 9.47 Å². The number of nitrogens with zero attached hydrogens (tertiary/aromatic N) is 1. The summed E-state index contributed by atoms with van der Waals surface area (Å²) < 4.78 is 11.0. The highest BCUT2D eigenvalue weighted by Crippen LogP contribution is 2.19. The van der Waals surface area contributed by atoms with Crippen molar-refractivity contribution in [1.29, 1.82) is 0 Å². The van der Waals surface area contributed by atoms with E-state index in [-0.39, 0.29) is 24.0 Å². The summed E-state index contributed by atoms with van der Waals surface area (Å²) in [6, 6.07) is 14.2. The number of methoxy groups -OCH3 is 1. The fraction of sp³-hybridized carbons (Fsp3) is 0.350. The topological polar surface area (TPSA) is 54.9 Å². The first-order valence-electron chi connectivity index (χ1n) is 8.46. The monoisotopic (exact) mass is 469 g/mol. The molecule has 2 rings (SSSR count). The Morgan fingerprint density at radius 2 is 1.85 bits per heavy atom. The van der Waals surface area contributed by atoms with Crippen molar-refractivity contribution in [3.05, 3.63) is 59.2 Å². The lowest BCUT2D eigenvalue weighted by molar-refractivity contribution is 0.340. The molecule has 0 atom stereocenters. The number of rotatable bonds is 7. The Balaban J connectivity index is 0.00000338. The predicted molar refractivity (Wildman–Crippen MR) is 118 cm³/mol. The van der Waals surface area contributed by atoms with Crippen molar-refractivity contribution in [3.63, 3.8) is 0 Å². The fourth-order valence-corrected chi connectivity index (χ4v) is 2.50. The largest absolute Gasteiger partial charge is 0.496 e. The number of halogens is 1. The van der Waals surface area contributed by atoms with Crippen molar-refractivity contribution in [2.24, 2.45) is 4.99 Å². The lowest BCUT2D eigenvalue weighted by Crippen LogP contribution is -2.36. The molecule has 0 fully saturated rings. The van der Waals surface area contributed by atoms with E-state index in [9.17, 15) is 0 Å². The Morgan fingerprint density at radius 1 is 1.08 bits per heavy atom. The number of hydrogen-bond acceptors (Lipinski definition) is 3. The van der Waals surface area contributed by atoms with Crippen molar-refractivity contribution >= 4 is 29.9 Å². The lowest BCUT2D eigenvalue weighted by Gasteiger charge is -2.14. The van der Waals surface area contributed by atoms with Gasteiger partial charge in [-0.2, -0.15) is 0 Å². The van der Waals surface area contributed by atoms with E-state index < -0.39 is 0 Å². The summed E-state index contributed by atoms with van der Waals surface area (Å²) >= 11 is 0. The molecular weight excluding hydrogens is 441 g/mol. The third-order valence-electron chi connectivity index (χ3n) is 3.78. The minimum absolute atomic E-state index is 0. The van der Waals surface area contributed by atoms with E-state index in [1.54, 1.807) is 14.2 Å². The Kier molecular flexibility index (Phi) is 9.87. The van der Waals surface area contributed by atoms with Crippen LogP contribution < -0.4 is 20.1 Å². The van der Waals surface area contributed by atoms with Crippen LogP contribution in [0.1, 0.15) is 23.6 Å². The van der Waals surface area contributed by atoms with Crippen LogP contribution in [0.2, 0.25) is 0 Å². The number of ether oxygens (including phenoxy) is 2. The van der Waals surface area contributed by atoms with Crippen LogP contribution in [0.5, 0.6) is 11.5 Å². The van der Waals surface area contributed by atoms with Gasteiger partial charge in [0.15, 0.2) is 5.96 Å². The lowest BCUT2D eigenvalue weighted by atomic mass is 10.1. The molecule has 0 saturated heterocycles. The molecule has 2 aromatic carbocycles. The van der Waals surface area contributed by atoms with Crippen LogP contribution in [0.25, 0.3) is 0 Å².